The van der Waals surface area contributed by atoms with Gasteiger partial charge in [0.25, 0.3) is 0 Å². The van der Waals surface area contributed by atoms with Gasteiger partial charge in [0.15, 0.2) is 0 Å². The minimum absolute atomic E-state index is 0.0117. The van der Waals surface area contributed by atoms with Crippen molar-refractivity contribution < 1.29 is 4.79 Å². The van der Waals surface area contributed by atoms with E-state index in [9.17, 15) is 4.79 Å². The number of nitrogens with zero attached hydrogens (tertiary/aromatic N) is 3. The van der Waals surface area contributed by atoms with E-state index in [4.69, 9.17) is 4.98 Å². The highest BCUT2D eigenvalue weighted by atomic mass is 32.1. The van der Waals surface area contributed by atoms with Crippen LogP contribution in [0.5, 0.6) is 0 Å². The van der Waals surface area contributed by atoms with Gasteiger partial charge in [-0.05, 0) is 32.3 Å². The number of amides is 1. The van der Waals surface area contributed by atoms with Crippen LogP contribution in [0.1, 0.15) is 29.7 Å². The van der Waals surface area contributed by atoms with E-state index in [0.29, 0.717) is 12.2 Å². The van der Waals surface area contributed by atoms with Crippen molar-refractivity contribution in [1.29, 1.82) is 0 Å². The summed E-state index contributed by atoms with van der Waals surface area (Å²) < 4.78 is 1.72. The zero-order valence-corrected chi connectivity index (χ0v) is 17.9. The third kappa shape index (κ3) is 4.83. The fraction of sp³-hybridized carbons (Fsp3) is 0.208. The number of carbonyl (C=O) groups is 1. The molecule has 1 amide bonds. The molecule has 1 N–H and O–H groups in total. The third-order valence-electron chi connectivity index (χ3n) is 4.83. The second-order valence-electron chi connectivity index (χ2n) is 7.35. The van der Waals surface area contributed by atoms with Crippen LogP contribution in [0, 0.1) is 13.8 Å². The van der Waals surface area contributed by atoms with Crippen LogP contribution in [0.3, 0.4) is 0 Å². The highest BCUT2D eigenvalue weighted by Gasteiger charge is 2.14. The summed E-state index contributed by atoms with van der Waals surface area (Å²) >= 11 is 1.51. The number of anilines is 1. The van der Waals surface area contributed by atoms with E-state index < -0.39 is 0 Å². The summed E-state index contributed by atoms with van der Waals surface area (Å²) in [6, 6.07) is 20.4. The highest BCUT2D eigenvalue weighted by molar-refractivity contribution is 7.12. The molecular formula is C24H24N4OS. The largest absolute Gasteiger partial charge is 0.311 e. The normalized spacial score (nSPS) is 10.9. The van der Waals surface area contributed by atoms with Gasteiger partial charge in [0.1, 0.15) is 5.82 Å². The first-order valence-electron chi connectivity index (χ1n) is 10.0. The summed E-state index contributed by atoms with van der Waals surface area (Å²) in [6.45, 7) is 3.98. The van der Waals surface area contributed by atoms with Crippen molar-refractivity contribution >= 4 is 23.1 Å². The van der Waals surface area contributed by atoms with Crippen LogP contribution in [-0.4, -0.2) is 20.7 Å². The molecule has 0 radical (unpaired) electrons. The number of benzene rings is 2. The minimum Gasteiger partial charge on any atom is -0.311 e. The average molecular weight is 417 g/mol. The van der Waals surface area contributed by atoms with Gasteiger partial charge in [-0.3, -0.25) is 4.79 Å². The Kier molecular flexibility index (Phi) is 6.05. The molecule has 0 fully saturated rings. The zero-order valence-electron chi connectivity index (χ0n) is 17.1. The molecule has 2 aromatic carbocycles. The van der Waals surface area contributed by atoms with E-state index in [0.717, 1.165) is 34.9 Å². The Balaban J connectivity index is 1.43. The molecule has 0 unspecified atom stereocenters. The molecule has 0 bridgehead atoms. The summed E-state index contributed by atoms with van der Waals surface area (Å²) in [4.78, 5) is 17.2. The lowest BCUT2D eigenvalue weighted by Crippen LogP contribution is -2.14. The summed E-state index contributed by atoms with van der Waals surface area (Å²) in [5, 5.41) is 10.3. The van der Waals surface area contributed by atoms with E-state index in [-0.39, 0.29) is 5.91 Å². The number of aryl methyl sites for hydroxylation is 3. The second-order valence-corrected chi connectivity index (χ2v) is 8.19. The third-order valence-corrected chi connectivity index (χ3v) is 5.65. The topological polar surface area (TPSA) is 59.8 Å². The SMILES string of the molecule is Cc1ccc(-c2csc(-n3nc(C)cc3NC(=O)CCCc3ccccc3)n2)cc1. The number of carbonyl (C=O) groups excluding carboxylic acids is 1. The molecule has 4 aromatic rings. The van der Waals surface area contributed by atoms with Crippen LogP contribution in [0.25, 0.3) is 16.4 Å². The number of rotatable bonds is 7. The van der Waals surface area contributed by atoms with Gasteiger partial charge in [-0.15, -0.1) is 11.3 Å². The average Bonchev–Trinajstić information content (AvgIpc) is 3.36. The van der Waals surface area contributed by atoms with Crippen LogP contribution in [0.15, 0.2) is 66.0 Å². The molecule has 2 heterocycles. The molecular weight excluding hydrogens is 392 g/mol. The maximum absolute atomic E-state index is 12.5. The molecule has 6 heteroatoms. The van der Waals surface area contributed by atoms with Gasteiger partial charge in [0.05, 0.1) is 11.4 Å². The van der Waals surface area contributed by atoms with E-state index in [1.165, 1.54) is 22.5 Å². The Morgan fingerprint density at radius 3 is 2.60 bits per heavy atom. The number of aromatic nitrogens is 3. The Hall–Kier alpha value is -3.25. The second kappa shape index (κ2) is 9.05. The number of thiazole rings is 1. The Morgan fingerprint density at radius 2 is 1.83 bits per heavy atom. The number of hydrogen-bond donors (Lipinski definition) is 1. The van der Waals surface area contributed by atoms with Crippen molar-refractivity contribution in [3.05, 3.63) is 82.9 Å². The molecule has 5 nitrogen and oxygen atoms in total. The van der Waals surface area contributed by atoms with Crippen molar-refractivity contribution in [3.8, 4) is 16.4 Å². The van der Waals surface area contributed by atoms with Crippen LogP contribution in [0.4, 0.5) is 5.82 Å². The molecule has 0 aliphatic carbocycles. The fourth-order valence-corrected chi connectivity index (χ4v) is 4.05. The summed E-state index contributed by atoms with van der Waals surface area (Å²) in [5.41, 5.74) is 5.27. The monoisotopic (exact) mass is 416 g/mol. The lowest BCUT2D eigenvalue weighted by molar-refractivity contribution is -0.116. The lowest BCUT2D eigenvalue weighted by Gasteiger charge is -2.07. The van der Waals surface area contributed by atoms with Gasteiger partial charge in [0, 0.05) is 23.4 Å². The molecule has 0 saturated carbocycles. The molecule has 30 heavy (non-hydrogen) atoms. The molecule has 4 rings (SSSR count). The Morgan fingerprint density at radius 1 is 1.07 bits per heavy atom. The van der Waals surface area contributed by atoms with E-state index in [1.807, 2.05) is 36.6 Å². The summed E-state index contributed by atoms with van der Waals surface area (Å²) in [6.07, 6.45) is 2.16. The molecule has 0 aliphatic heterocycles. The molecule has 152 valence electrons. The molecule has 0 spiro atoms. The smallest absolute Gasteiger partial charge is 0.225 e. The predicted octanol–water partition coefficient (Wildman–Crippen LogP) is 5.57. The highest BCUT2D eigenvalue weighted by Crippen LogP contribution is 2.26. The predicted molar refractivity (Wildman–Crippen MR) is 122 cm³/mol. The number of hydrogen-bond acceptors (Lipinski definition) is 4. The molecule has 0 atom stereocenters. The standard InChI is InChI=1S/C24H24N4OS/c1-17-11-13-20(14-12-17)21-16-30-24(25-21)28-22(15-18(2)27-28)26-23(29)10-6-9-19-7-4-3-5-8-19/h3-5,7-8,11-16H,6,9-10H2,1-2H3,(H,26,29). The van der Waals surface area contributed by atoms with Gasteiger partial charge in [-0.25, -0.2) is 4.98 Å². The van der Waals surface area contributed by atoms with Gasteiger partial charge < -0.3 is 5.32 Å². The fourth-order valence-electron chi connectivity index (χ4n) is 3.26. The maximum Gasteiger partial charge on any atom is 0.225 e. The first kappa shape index (κ1) is 20.0. The Bertz CT molecular complexity index is 1130. The van der Waals surface area contributed by atoms with E-state index >= 15 is 0 Å². The minimum atomic E-state index is -0.0117. The van der Waals surface area contributed by atoms with Gasteiger partial charge in [-0.1, -0.05) is 60.2 Å². The van der Waals surface area contributed by atoms with Crippen molar-refractivity contribution in [2.24, 2.45) is 0 Å². The van der Waals surface area contributed by atoms with Crippen LogP contribution < -0.4 is 5.32 Å². The van der Waals surface area contributed by atoms with Gasteiger partial charge in [-0.2, -0.15) is 9.78 Å². The Labute approximate surface area is 180 Å². The summed E-state index contributed by atoms with van der Waals surface area (Å²) in [7, 11) is 0. The number of nitrogens with one attached hydrogen (secondary N) is 1. The zero-order chi connectivity index (χ0) is 20.9. The van der Waals surface area contributed by atoms with E-state index in [2.05, 4.69) is 53.7 Å². The van der Waals surface area contributed by atoms with Crippen LogP contribution in [-0.2, 0) is 11.2 Å². The van der Waals surface area contributed by atoms with Crippen molar-refractivity contribution in [2.75, 3.05) is 5.32 Å². The van der Waals surface area contributed by atoms with Gasteiger partial charge >= 0.3 is 0 Å². The maximum atomic E-state index is 12.5. The lowest BCUT2D eigenvalue weighted by atomic mass is 10.1. The first-order valence-corrected chi connectivity index (χ1v) is 10.9. The van der Waals surface area contributed by atoms with Crippen LogP contribution >= 0.6 is 11.3 Å². The molecule has 2 aromatic heterocycles. The quantitative estimate of drug-likeness (QED) is 0.428. The molecule has 0 aliphatic rings. The molecule has 0 saturated heterocycles. The van der Waals surface area contributed by atoms with Gasteiger partial charge in [0.2, 0.25) is 11.0 Å². The van der Waals surface area contributed by atoms with Crippen molar-refractivity contribution in [3.63, 3.8) is 0 Å². The van der Waals surface area contributed by atoms with Crippen molar-refractivity contribution in [1.82, 2.24) is 14.8 Å². The first-order chi connectivity index (χ1) is 14.6. The summed E-state index contributed by atoms with van der Waals surface area (Å²) in [5.74, 6) is 0.643. The van der Waals surface area contributed by atoms with Crippen molar-refractivity contribution in [2.45, 2.75) is 33.1 Å². The van der Waals surface area contributed by atoms with Crippen LogP contribution in [0.2, 0.25) is 0 Å². The van der Waals surface area contributed by atoms with E-state index in [1.54, 1.807) is 4.68 Å².